The van der Waals surface area contributed by atoms with E-state index in [-0.39, 0.29) is 12.2 Å². The van der Waals surface area contributed by atoms with Crippen LogP contribution in [0.25, 0.3) is 0 Å². The summed E-state index contributed by atoms with van der Waals surface area (Å²) in [6.07, 6.45) is 1.52. The van der Waals surface area contributed by atoms with Gasteiger partial charge in [0.1, 0.15) is 6.10 Å². The van der Waals surface area contributed by atoms with E-state index in [1.165, 1.54) is 0 Å². The van der Waals surface area contributed by atoms with Crippen LogP contribution in [0.4, 0.5) is 4.79 Å². The van der Waals surface area contributed by atoms with E-state index in [1.54, 1.807) is 16.8 Å². The van der Waals surface area contributed by atoms with Crippen LogP contribution in [0.3, 0.4) is 0 Å². The molecule has 1 atom stereocenters. The lowest BCUT2D eigenvalue weighted by Gasteiger charge is -2.41. The van der Waals surface area contributed by atoms with E-state index in [2.05, 4.69) is 20.3 Å². The first-order valence-electron chi connectivity index (χ1n) is 9.25. The van der Waals surface area contributed by atoms with Crippen LogP contribution in [0.15, 0.2) is 0 Å². The van der Waals surface area contributed by atoms with Crippen molar-refractivity contribution >= 4 is 6.09 Å². The minimum atomic E-state index is -0.206. The molecule has 10 heteroatoms. The third-order valence-electron chi connectivity index (χ3n) is 4.86. The molecule has 2 saturated heterocycles. The molecule has 146 valence electrons. The number of morpholine rings is 1. The summed E-state index contributed by atoms with van der Waals surface area (Å²) in [6.45, 7) is 7.13. The molecule has 0 aliphatic carbocycles. The van der Waals surface area contributed by atoms with Crippen molar-refractivity contribution in [1.29, 1.82) is 0 Å². The predicted molar refractivity (Wildman–Crippen MR) is 91.6 cm³/mol. The molecule has 0 spiro atoms. The molecule has 1 aromatic rings. The molecule has 0 aromatic carbocycles. The summed E-state index contributed by atoms with van der Waals surface area (Å²) in [5.41, 5.74) is 0. The number of carbonyl (C=O) groups is 1. The highest BCUT2D eigenvalue weighted by molar-refractivity contribution is 5.67. The molecule has 1 unspecified atom stereocenters. The average Bonchev–Trinajstić information content (AvgIpc) is 3.16. The molecule has 0 saturated carbocycles. The SMILES string of the molecule is CCOC(=O)N1CCC(N2CCOC(c3nnn(CCOC)n3)C2)CC1. The number of rotatable bonds is 6. The molecule has 2 fully saturated rings. The number of tetrazole rings is 1. The number of hydrogen-bond donors (Lipinski definition) is 0. The first-order valence-corrected chi connectivity index (χ1v) is 9.25. The number of aromatic nitrogens is 4. The maximum Gasteiger partial charge on any atom is 0.409 e. The Morgan fingerprint density at radius 3 is 2.85 bits per heavy atom. The van der Waals surface area contributed by atoms with Gasteiger partial charge < -0.3 is 19.1 Å². The molecule has 1 aromatic heterocycles. The van der Waals surface area contributed by atoms with Gasteiger partial charge in [0.25, 0.3) is 0 Å². The molecule has 1 amide bonds. The van der Waals surface area contributed by atoms with E-state index in [4.69, 9.17) is 14.2 Å². The third kappa shape index (κ3) is 4.68. The zero-order valence-electron chi connectivity index (χ0n) is 15.5. The summed E-state index contributed by atoms with van der Waals surface area (Å²) < 4.78 is 16.0. The smallest absolute Gasteiger partial charge is 0.409 e. The highest BCUT2D eigenvalue weighted by Gasteiger charge is 2.33. The van der Waals surface area contributed by atoms with Crippen molar-refractivity contribution in [1.82, 2.24) is 30.0 Å². The van der Waals surface area contributed by atoms with Gasteiger partial charge in [0.15, 0.2) is 0 Å². The van der Waals surface area contributed by atoms with Crippen LogP contribution in [-0.2, 0) is 20.8 Å². The summed E-state index contributed by atoms with van der Waals surface area (Å²) in [7, 11) is 1.65. The van der Waals surface area contributed by atoms with E-state index < -0.39 is 0 Å². The average molecular weight is 368 g/mol. The summed E-state index contributed by atoms with van der Waals surface area (Å²) in [6, 6.07) is 0.440. The summed E-state index contributed by atoms with van der Waals surface area (Å²) in [5.74, 6) is 0.620. The maximum absolute atomic E-state index is 11.8. The molecule has 0 radical (unpaired) electrons. The Bertz CT molecular complexity index is 575. The van der Waals surface area contributed by atoms with Gasteiger partial charge in [-0.25, -0.2) is 4.79 Å². The van der Waals surface area contributed by atoms with E-state index in [0.29, 0.717) is 38.2 Å². The van der Waals surface area contributed by atoms with E-state index in [0.717, 1.165) is 39.0 Å². The number of amides is 1. The molecule has 2 aliphatic heterocycles. The van der Waals surface area contributed by atoms with E-state index in [9.17, 15) is 4.79 Å². The minimum absolute atomic E-state index is 0.164. The van der Waals surface area contributed by atoms with Crippen LogP contribution in [0.1, 0.15) is 31.7 Å². The zero-order chi connectivity index (χ0) is 18.4. The second-order valence-electron chi connectivity index (χ2n) is 6.51. The Hall–Kier alpha value is -1.78. The zero-order valence-corrected chi connectivity index (χ0v) is 15.5. The monoisotopic (exact) mass is 368 g/mol. The largest absolute Gasteiger partial charge is 0.450 e. The van der Waals surface area contributed by atoms with Crippen LogP contribution < -0.4 is 0 Å². The van der Waals surface area contributed by atoms with Crippen molar-refractivity contribution in [3.63, 3.8) is 0 Å². The van der Waals surface area contributed by atoms with Crippen molar-refractivity contribution in [3.8, 4) is 0 Å². The molecule has 0 N–H and O–H groups in total. The molecule has 10 nitrogen and oxygen atoms in total. The number of carbonyl (C=O) groups excluding carboxylic acids is 1. The molecular formula is C16H28N6O4. The summed E-state index contributed by atoms with van der Waals surface area (Å²) >= 11 is 0. The predicted octanol–water partition coefficient (Wildman–Crippen LogP) is 0.314. The van der Waals surface area contributed by atoms with Gasteiger partial charge in [0.2, 0.25) is 5.82 Å². The van der Waals surface area contributed by atoms with Crippen molar-refractivity contribution in [2.45, 2.75) is 38.5 Å². The quantitative estimate of drug-likeness (QED) is 0.708. The number of methoxy groups -OCH3 is 1. The highest BCUT2D eigenvalue weighted by Crippen LogP contribution is 2.24. The fraction of sp³-hybridized carbons (Fsp3) is 0.875. The van der Waals surface area contributed by atoms with Gasteiger partial charge in [-0.1, -0.05) is 0 Å². The number of nitrogens with zero attached hydrogens (tertiary/aromatic N) is 6. The summed E-state index contributed by atoms with van der Waals surface area (Å²) in [4.78, 5) is 17.6. The number of hydrogen-bond acceptors (Lipinski definition) is 8. The van der Waals surface area contributed by atoms with Gasteiger partial charge in [-0.15, -0.1) is 10.2 Å². The molecule has 0 bridgehead atoms. The Morgan fingerprint density at radius 2 is 2.12 bits per heavy atom. The van der Waals surface area contributed by atoms with Crippen LogP contribution >= 0.6 is 0 Å². The Kier molecular flexibility index (Phi) is 6.75. The fourth-order valence-electron chi connectivity index (χ4n) is 3.44. The van der Waals surface area contributed by atoms with Gasteiger partial charge >= 0.3 is 6.09 Å². The van der Waals surface area contributed by atoms with Crippen LogP contribution in [0.2, 0.25) is 0 Å². The molecule has 3 rings (SSSR count). The first-order chi connectivity index (χ1) is 12.7. The third-order valence-corrected chi connectivity index (χ3v) is 4.86. The number of ether oxygens (including phenoxy) is 3. The molecule has 2 aliphatic rings. The Balaban J connectivity index is 1.51. The van der Waals surface area contributed by atoms with E-state index in [1.807, 2.05) is 6.92 Å². The van der Waals surface area contributed by atoms with Crippen LogP contribution in [-0.4, -0.2) is 95.3 Å². The second-order valence-corrected chi connectivity index (χ2v) is 6.51. The summed E-state index contributed by atoms with van der Waals surface area (Å²) in [5, 5.41) is 12.6. The van der Waals surface area contributed by atoms with Gasteiger partial charge in [-0.05, 0) is 25.0 Å². The molecular weight excluding hydrogens is 340 g/mol. The maximum atomic E-state index is 11.8. The lowest BCUT2D eigenvalue weighted by Crippen LogP contribution is -2.50. The lowest BCUT2D eigenvalue weighted by molar-refractivity contribution is -0.0567. The molecule has 26 heavy (non-hydrogen) atoms. The molecule has 3 heterocycles. The van der Waals surface area contributed by atoms with Crippen LogP contribution in [0, 0.1) is 0 Å². The van der Waals surface area contributed by atoms with Crippen molar-refractivity contribution in [2.24, 2.45) is 0 Å². The number of likely N-dealkylation sites (tertiary alicyclic amines) is 1. The number of piperidine rings is 1. The van der Waals surface area contributed by atoms with Gasteiger partial charge in [0.05, 0.1) is 26.4 Å². The van der Waals surface area contributed by atoms with E-state index >= 15 is 0 Å². The Labute approximate surface area is 153 Å². The standard InChI is InChI=1S/C16H28N6O4/c1-3-25-16(23)20-6-4-13(5-7-20)21-8-11-26-14(12-21)15-17-19-22(18-15)9-10-24-2/h13-14H,3-12H2,1-2H3. The van der Waals surface area contributed by atoms with Crippen LogP contribution in [0.5, 0.6) is 0 Å². The highest BCUT2D eigenvalue weighted by atomic mass is 16.6. The minimum Gasteiger partial charge on any atom is -0.450 e. The van der Waals surface area contributed by atoms with Gasteiger partial charge in [-0.3, -0.25) is 4.90 Å². The van der Waals surface area contributed by atoms with Crippen molar-refractivity contribution in [3.05, 3.63) is 5.82 Å². The lowest BCUT2D eigenvalue weighted by atomic mass is 10.0. The van der Waals surface area contributed by atoms with Gasteiger partial charge in [0, 0.05) is 39.3 Å². The van der Waals surface area contributed by atoms with Crippen molar-refractivity contribution < 1.29 is 19.0 Å². The second kappa shape index (κ2) is 9.24. The van der Waals surface area contributed by atoms with Gasteiger partial charge in [-0.2, -0.15) is 4.80 Å². The normalized spacial score (nSPS) is 22.5. The topological polar surface area (TPSA) is 94.8 Å². The fourth-order valence-corrected chi connectivity index (χ4v) is 3.44. The first kappa shape index (κ1) is 19.0. The Morgan fingerprint density at radius 1 is 1.31 bits per heavy atom. The van der Waals surface area contributed by atoms with Crippen molar-refractivity contribution in [2.75, 3.05) is 53.1 Å².